The molecule has 1 spiro atoms. The van der Waals surface area contributed by atoms with Crippen molar-refractivity contribution in [2.75, 3.05) is 17.3 Å². The summed E-state index contributed by atoms with van der Waals surface area (Å²) in [6.07, 6.45) is 8.33. The van der Waals surface area contributed by atoms with E-state index in [1.54, 1.807) is 7.11 Å². The van der Waals surface area contributed by atoms with Crippen LogP contribution in [0.5, 0.6) is 5.75 Å². The molecule has 4 atom stereocenters. The van der Waals surface area contributed by atoms with Gasteiger partial charge in [-0.25, -0.2) is 0 Å². The lowest BCUT2D eigenvalue weighted by molar-refractivity contribution is -0.122. The van der Waals surface area contributed by atoms with Gasteiger partial charge in [-0.2, -0.15) is 0 Å². The molecule has 0 aliphatic carbocycles. The van der Waals surface area contributed by atoms with Crippen LogP contribution in [0, 0.1) is 5.92 Å². The molecular formula is C34H34N2O4. The second-order valence-corrected chi connectivity index (χ2v) is 11.1. The molecule has 6 nitrogen and oxygen atoms in total. The highest BCUT2D eigenvalue weighted by Gasteiger charge is 2.69. The van der Waals surface area contributed by atoms with E-state index in [1.807, 2.05) is 83.8 Å². The van der Waals surface area contributed by atoms with Gasteiger partial charge in [0.25, 0.3) is 0 Å². The Morgan fingerprint density at radius 1 is 1.02 bits per heavy atom. The van der Waals surface area contributed by atoms with Crippen LogP contribution in [0.3, 0.4) is 0 Å². The van der Waals surface area contributed by atoms with Crippen molar-refractivity contribution in [3.63, 3.8) is 0 Å². The molecule has 3 aliphatic rings. The highest BCUT2D eigenvalue weighted by atomic mass is 16.5. The lowest BCUT2D eigenvalue weighted by atomic mass is 9.64. The molecule has 6 rings (SSSR count). The van der Waals surface area contributed by atoms with E-state index in [4.69, 9.17) is 4.74 Å². The number of methoxy groups -OCH3 is 1. The normalized spacial score (nSPS) is 23.9. The Kier molecular flexibility index (Phi) is 6.57. The third-order valence-electron chi connectivity index (χ3n) is 8.85. The number of benzene rings is 3. The molecule has 40 heavy (non-hydrogen) atoms. The Hall–Kier alpha value is -4.19. The number of carbonyl (C=O) groups excluding carboxylic acids is 3. The number of aryl methyl sites for hydroxylation is 1. The van der Waals surface area contributed by atoms with Gasteiger partial charge in [0.2, 0.25) is 5.91 Å². The number of fused-ring (bicyclic) bond motifs is 6. The largest absolute Gasteiger partial charge is 0.497 e. The number of hydrogen-bond acceptors (Lipinski definition) is 5. The zero-order chi connectivity index (χ0) is 28.0. The van der Waals surface area contributed by atoms with Gasteiger partial charge in [0.1, 0.15) is 11.2 Å². The molecule has 0 unspecified atom stereocenters. The summed E-state index contributed by atoms with van der Waals surface area (Å²) < 4.78 is 5.44. The number of para-hydroxylation sites is 1. The summed E-state index contributed by atoms with van der Waals surface area (Å²) in [5, 5.41) is 3.06. The van der Waals surface area contributed by atoms with Crippen LogP contribution in [0.15, 0.2) is 72.8 Å². The second kappa shape index (κ2) is 10.1. The molecule has 3 aromatic carbocycles. The number of anilines is 2. The average Bonchev–Trinajstić information content (AvgIpc) is 3.45. The average molecular weight is 535 g/mol. The fourth-order valence-electron chi connectivity index (χ4n) is 7.03. The standard InChI is InChI=1S/C34H34N2O4/c1-4-5-6-9-22-12-14-23(15-13-22)32(38)30-31(21(2)37)36-28-18-17-25(40-3)20-24(28)16-19-29(36)34(30)26-10-7-8-11-27(26)35-33(34)39/h7-8,10-20,29-31H,4-6,9H2,1-3H3,(H,35,39)/t29-,30+,31+,34+/m0/s1. The first-order chi connectivity index (χ1) is 19.4. The van der Waals surface area contributed by atoms with Crippen LogP contribution in [0.4, 0.5) is 11.4 Å². The predicted octanol–water partition coefficient (Wildman–Crippen LogP) is 5.99. The molecule has 1 amide bonds. The van der Waals surface area contributed by atoms with Gasteiger partial charge in [0.05, 0.1) is 25.1 Å². The summed E-state index contributed by atoms with van der Waals surface area (Å²) in [4.78, 5) is 44.4. The van der Waals surface area contributed by atoms with Crippen molar-refractivity contribution >= 4 is 34.9 Å². The Morgan fingerprint density at radius 2 is 1.80 bits per heavy atom. The minimum Gasteiger partial charge on any atom is -0.497 e. The van der Waals surface area contributed by atoms with E-state index in [2.05, 4.69) is 12.2 Å². The van der Waals surface area contributed by atoms with Crippen LogP contribution in [0.2, 0.25) is 0 Å². The van der Waals surface area contributed by atoms with Crippen LogP contribution < -0.4 is 15.0 Å². The van der Waals surface area contributed by atoms with Crippen LogP contribution in [-0.2, 0) is 21.4 Å². The minimum atomic E-state index is -1.27. The van der Waals surface area contributed by atoms with Gasteiger partial charge < -0.3 is 15.0 Å². The number of ketones is 2. The maximum atomic E-state index is 14.6. The van der Waals surface area contributed by atoms with Crippen molar-refractivity contribution < 1.29 is 19.1 Å². The number of carbonyl (C=O) groups is 3. The minimum absolute atomic E-state index is 0.148. The van der Waals surface area contributed by atoms with Crippen LogP contribution in [0.1, 0.15) is 60.2 Å². The number of nitrogens with one attached hydrogen (secondary N) is 1. The molecule has 1 saturated heterocycles. The topological polar surface area (TPSA) is 75.7 Å². The number of rotatable bonds is 8. The van der Waals surface area contributed by atoms with E-state index >= 15 is 0 Å². The third-order valence-corrected chi connectivity index (χ3v) is 8.85. The van der Waals surface area contributed by atoms with Crippen molar-refractivity contribution in [2.24, 2.45) is 5.92 Å². The maximum Gasteiger partial charge on any atom is 0.238 e. The second-order valence-electron chi connectivity index (χ2n) is 11.1. The van der Waals surface area contributed by atoms with Gasteiger partial charge >= 0.3 is 0 Å². The summed E-state index contributed by atoms with van der Waals surface area (Å²) in [5.74, 6) is -0.799. The van der Waals surface area contributed by atoms with Crippen molar-refractivity contribution in [1.29, 1.82) is 0 Å². The first-order valence-corrected chi connectivity index (χ1v) is 14.1. The van der Waals surface area contributed by atoms with Crippen molar-refractivity contribution in [2.45, 2.75) is 57.0 Å². The SMILES string of the molecule is CCCCCc1ccc(C(=O)[C@H]2[C@@H](C(C)=O)N3c4ccc(OC)cc4C=C[C@H]3[C@@]23C(=O)Nc2ccccc23)cc1. The molecular weight excluding hydrogens is 500 g/mol. The van der Waals surface area contributed by atoms with E-state index in [0.717, 1.165) is 42.5 Å². The van der Waals surface area contributed by atoms with E-state index in [1.165, 1.54) is 12.5 Å². The molecule has 0 radical (unpaired) electrons. The van der Waals surface area contributed by atoms with E-state index in [9.17, 15) is 14.4 Å². The Labute approximate surface area is 235 Å². The van der Waals surface area contributed by atoms with Crippen molar-refractivity contribution in [3.05, 3.63) is 95.1 Å². The van der Waals surface area contributed by atoms with Gasteiger partial charge in [-0.3, -0.25) is 14.4 Å². The lowest BCUT2D eigenvalue weighted by Gasteiger charge is -2.37. The number of Topliss-reactive ketones (excluding diaryl/α,β-unsaturated/α-hetero) is 2. The maximum absolute atomic E-state index is 14.6. The van der Waals surface area contributed by atoms with E-state index in [-0.39, 0.29) is 17.5 Å². The van der Waals surface area contributed by atoms with Gasteiger partial charge in [0, 0.05) is 22.5 Å². The van der Waals surface area contributed by atoms with Crippen molar-refractivity contribution in [3.8, 4) is 5.75 Å². The molecule has 1 fully saturated rings. The smallest absolute Gasteiger partial charge is 0.238 e. The molecule has 0 bridgehead atoms. The molecule has 0 saturated carbocycles. The Balaban J connectivity index is 1.52. The number of amides is 1. The summed E-state index contributed by atoms with van der Waals surface area (Å²) in [5.41, 5.74) is 3.58. The number of nitrogens with zero attached hydrogens (tertiary/aromatic N) is 1. The fraction of sp³-hybridized carbons (Fsp3) is 0.324. The van der Waals surface area contributed by atoms with Crippen LogP contribution >= 0.6 is 0 Å². The number of ether oxygens (including phenoxy) is 1. The quantitative estimate of drug-likeness (QED) is 0.284. The van der Waals surface area contributed by atoms with Gasteiger partial charge in [-0.1, -0.05) is 74.4 Å². The fourth-order valence-corrected chi connectivity index (χ4v) is 7.03. The highest BCUT2D eigenvalue weighted by Crippen LogP contribution is 2.57. The first-order valence-electron chi connectivity index (χ1n) is 14.1. The van der Waals surface area contributed by atoms with Crippen molar-refractivity contribution in [1.82, 2.24) is 0 Å². The van der Waals surface area contributed by atoms with Gasteiger partial charge in [-0.15, -0.1) is 0 Å². The molecule has 3 aliphatic heterocycles. The Bertz CT molecular complexity index is 1530. The zero-order valence-corrected chi connectivity index (χ0v) is 23.1. The number of unbranched alkanes of at least 4 members (excludes halogenated alkanes) is 2. The monoisotopic (exact) mass is 534 g/mol. The molecule has 3 aromatic rings. The predicted molar refractivity (Wildman–Crippen MR) is 157 cm³/mol. The Morgan fingerprint density at radius 3 is 2.52 bits per heavy atom. The van der Waals surface area contributed by atoms with Crippen LogP contribution in [-0.4, -0.2) is 36.7 Å². The number of hydrogen-bond donors (Lipinski definition) is 1. The highest BCUT2D eigenvalue weighted by molar-refractivity contribution is 6.16. The molecule has 0 aromatic heterocycles. The van der Waals surface area contributed by atoms with Gasteiger partial charge in [-0.05, 0) is 55.2 Å². The van der Waals surface area contributed by atoms with E-state index < -0.39 is 23.4 Å². The van der Waals surface area contributed by atoms with E-state index in [0.29, 0.717) is 17.0 Å². The molecule has 3 heterocycles. The lowest BCUT2D eigenvalue weighted by Crippen LogP contribution is -2.51. The molecule has 1 N–H and O–H groups in total. The first kappa shape index (κ1) is 26.1. The zero-order valence-electron chi connectivity index (χ0n) is 23.1. The van der Waals surface area contributed by atoms with Crippen LogP contribution in [0.25, 0.3) is 6.08 Å². The summed E-state index contributed by atoms with van der Waals surface area (Å²) in [6, 6.07) is 19.6. The third kappa shape index (κ3) is 3.80. The van der Waals surface area contributed by atoms with Gasteiger partial charge in [0.15, 0.2) is 11.6 Å². The molecule has 204 valence electrons. The summed E-state index contributed by atoms with van der Waals surface area (Å²) in [6.45, 7) is 3.71. The summed E-state index contributed by atoms with van der Waals surface area (Å²) in [7, 11) is 1.61. The summed E-state index contributed by atoms with van der Waals surface area (Å²) >= 11 is 0. The molecule has 6 heteroatoms.